The molecular weight excluding hydrogens is 329 g/mol. The predicted molar refractivity (Wildman–Crippen MR) is 101 cm³/mol. The zero-order valence-corrected chi connectivity index (χ0v) is 15.0. The Labute approximate surface area is 154 Å². The van der Waals surface area contributed by atoms with Gasteiger partial charge in [0.2, 0.25) is 0 Å². The zero-order valence-electron chi connectivity index (χ0n) is 15.0. The Morgan fingerprint density at radius 2 is 1.81 bits per heavy atom. The number of hydrogen-bond donors (Lipinski definition) is 1. The van der Waals surface area contributed by atoms with Gasteiger partial charge in [-0.25, -0.2) is 4.39 Å². The van der Waals surface area contributed by atoms with Crippen molar-refractivity contribution in [1.29, 1.82) is 0 Å². The molecule has 0 saturated heterocycles. The second-order valence-corrected chi connectivity index (χ2v) is 7.01. The monoisotopic (exact) mass is 355 g/mol. The highest BCUT2D eigenvalue weighted by Gasteiger charge is 2.32. The molecule has 3 nitrogen and oxygen atoms in total. The van der Waals surface area contributed by atoms with E-state index in [9.17, 15) is 9.50 Å². The Morgan fingerprint density at radius 1 is 1.12 bits per heavy atom. The van der Waals surface area contributed by atoms with E-state index in [0.29, 0.717) is 43.3 Å². The van der Waals surface area contributed by atoms with Crippen molar-refractivity contribution in [1.82, 2.24) is 4.90 Å². The van der Waals surface area contributed by atoms with Crippen LogP contribution in [-0.2, 0) is 18.7 Å². The maximum absolute atomic E-state index is 14.0. The summed E-state index contributed by atoms with van der Waals surface area (Å²) in [6, 6.07) is 11.1. The average Bonchev–Trinajstić information content (AvgIpc) is 3.35. The number of hydrogen-bond acceptors (Lipinski definition) is 3. The highest BCUT2D eigenvalue weighted by Crippen LogP contribution is 2.34. The van der Waals surface area contributed by atoms with Crippen molar-refractivity contribution in [2.24, 2.45) is 0 Å². The summed E-state index contributed by atoms with van der Waals surface area (Å²) in [6.45, 7) is 8.58. The van der Waals surface area contributed by atoms with Crippen LogP contribution in [0.3, 0.4) is 0 Å². The summed E-state index contributed by atoms with van der Waals surface area (Å²) in [5, 5.41) is 10.8. The Hall–Kier alpha value is -2.17. The fourth-order valence-corrected chi connectivity index (χ4v) is 3.27. The van der Waals surface area contributed by atoms with E-state index in [0.717, 1.165) is 18.6 Å². The molecule has 1 N–H and O–H groups in total. The quantitative estimate of drug-likeness (QED) is 0.614. The maximum atomic E-state index is 14.0. The molecule has 0 aliphatic heterocycles. The van der Waals surface area contributed by atoms with Crippen LogP contribution in [0.25, 0.3) is 0 Å². The summed E-state index contributed by atoms with van der Waals surface area (Å²) < 4.78 is 19.9. The van der Waals surface area contributed by atoms with Gasteiger partial charge in [0.15, 0.2) is 0 Å². The minimum absolute atomic E-state index is 0.176. The van der Waals surface area contributed by atoms with Gasteiger partial charge in [-0.3, -0.25) is 4.90 Å². The molecule has 0 atom stereocenters. The Kier molecular flexibility index (Phi) is 5.74. The summed E-state index contributed by atoms with van der Waals surface area (Å²) in [7, 11) is 0. The molecule has 1 aromatic carbocycles. The minimum atomic E-state index is -1.11. The highest BCUT2D eigenvalue weighted by molar-refractivity contribution is 5.19. The molecule has 3 rings (SSSR count). The van der Waals surface area contributed by atoms with Gasteiger partial charge in [-0.2, -0.15) is 0 Å². The van der Waals surface area contributed by atoms with Crippen LogP contribution in [0.5, 0.6) is 0 Å². The van der Waals surface area contributed by atoms with Gasteiger partial charge in [0.05, 0.1) is 6.54 Å². The van der Waals surface area contributed by atoms with Crippen molar-refractivity contribution in [3.8, 4) is 0 Å². The molecule has 1 aromatic heterocycles. The molecule has 4 heteroatoms. The molecular formula is C22H26FNO2. The van der Waals surface area contributed by atoms with Crippen molar-refractivity contribution in [3.05, 3.63) is 84.6 Å². The van der Waals surface area contributed by atoms with Gasteiger partial charge in [-0.1, -0.05) is 30.4 Å². The second-order valence-electron chi connectivity index (χ2n) is 7.01. The first-order valence-corrected chi connectivity index (χ1v) is 9.06. The van der Waals surface area contributed by atoms with Crippen LogP contribution in [0.4, 0.5) is 4.39 Å². The van der Waals surface area contributed by atoms with Crippen LogP contribution >= 0.6 is 0 Å². The number of furan rings is 1. The van der Waals surface area contributed by atoms with Gasteiger partial charge in [-0.15, -0.1) is 13.2 Å². The van der Waals surface area contributed by atoms with Gasteiger partial charge in [0.1, 0.15) is 22.9 Å². The van der Waals surface area contributed by atoms with E-state index in [1.165, 1.54) is 6.07 Å². The Morgan fingerprint density at radius 3 is 2.42 bits per heavy atom. The first-order valence-electron chi connectivity index (χ1n) is 9.06. The SMILES string of the molecule is C=CCC(O)(CC=C)c1ccc(CN(Cc2ccccc2F)C2CC2)o1. The number of aliphatic hydroxyl groups is 1. The fraction of sp³-hybridized carbons (Fsp3) is 0.364. The van der Waals surface area contributed by atoms with Crippen molar-refractivity contribution < 1.29 is 13.9 Å². The molecule has 26 heavy (non-hydrogen) atoms. The molecule has 0 unspecified atom stereocenters. The first kappa shape index (κ1) is 18.6. The topological polar surface area (TPSA) is 36.6 Å². The van der Waals surface area contributed by atoms with Gasteiger partial charge >= 0.3 is 0 Å². The summed E-state index contributed by atoms with van der Waals surface area (Å²) in [4.78, 5) is 2.24. The zero-order chi connectivity index (χ0) is 18.6. The average molecular weight is 355 g/mol. The lowest BCUT2D eigenvalue weighted by Crippen LogP contribution is -2.25. The molecule has 0 bridgehead atoms. The van der Waals surface area contributed by atoms with Gasteiger partial charge in [0.25, 0.3) is 0 Å². The van der Waals surface area contributed by atoms with Crippen LogP contribution < -0.4 is 0 Å². The molecule has 1 saturated carbocycles. The lowest BCUT2D eigenvalue weighted by molar-refractivity contribution is 0.0186. The third kappa shape index (κ3) is 4.32. The summed E-state index contributed by atoms with van der Waals surface area (Å²) in [5.41, 5.74) is -0.418. The van der Waals surface area contributed by atoms with E-state index in [-0.39, 0.29) is 5.82 Å². The van der Waals surface area contributed by atoms with Gasteiger partial charge in [-0.05, 0) is 31.0 Å². The first-order chi connectivity index (χ1) is 12.6. The third-order valence-electron chi connectivity index (χ3n) is 4.84. The van der Waals surface area contributed by atoms with Crippen LogP contribution in [0.15, 0.2) is 66.1 Å². The molecule has 0 amide bonds. The molecule has 138 valence electrons. The van der Waals surface area contributed by atoms with Crippen molar-refractivity contribution >= 4 is 0 Å². The molecule has 1 aliphatic carbocycles. The van der Waals surface area contributed by atoms with Gasteiger partial charge in [0, 0.05) is 31.0 Å². The van der Waals surface area contributed by atoms with Crippen molar-refractivity contribution in [3.63, 3.8) is 0 Å². The summed E-state index contributed by atoms with van der Waals surface area (Å²) in [5.74, 6) is 1.12. The van der Waals surface area contributed by atoms with E-state index in [2.05, 4.69) is 18.1 Å². The van der Waals surface area contributed by atoms with E-state index in [4.69, 9.17) is 4.42 Å². The Balaban J connectivity index is 1.74. The van der Waals surface area contributed by atoms with Crippen LogP contribution in [0, 0.1) is 5.82 Å². The molecule has 1 fully saturated rings. The molecule has 1 aliphatic rings. The van der Waals surface area contributed by atoms with Crippen molar-refractivity contribution in [2.45, 2.75) is 50.4 Å². The van der Waals surface area contributed by atoms with E-state index in [1.807, 2.05) is 24.3 Å². The van der Waals surface area contributed by atoms with Crippen LogP contribution in [-0.4, -0.2) is 16.0 Å². The molecule has 0 radical (unpaired) electrons. The summed E-state index contributed by atoms with van der Waals surface area (Å²) in [6.07, 6.45) is 6.40. The van der Waals surface area contributed by atoms with E-state index in [1.54, 1.807) is 18.2 Å². The second kappa shape index (κ2) is 8.02. The molecule has 2 aromatic rings. The number of halogens is 1. The molecule has 0 spiro atoms. The Bertz CT molecular complexity index is 753. The standard InChI is InChI=1S/C22H26FNO2/c1-3-13-22(25,14-4-2)21-12-11-19(26-21)16-24(18-9-10-18)15-17-7-5-6-8-20(17)23/h3-8,11-12,18,25H,1-2,9-10,13-16H2. The normalized spacial score (nSPS) is 14.6. The summed E-state index contributed by atoms with van der Waals surface area (Å²) >= 11 is 0. The molecule has 1 heterocycles. The third-order valence-corrected chi connectivity index (χ3v) is 4.84. The van der Waals surface area contributed by atoms with Gasteiger partial charge < -0.3 is 9.52 Å². The lowest BCUT2D eigenvalue weighted by atomic mass is 9.93. The number of benzene rings is 1. The number of nitrogens with zero attached hydrogens (tertiary/aromatic N) is 1. The highest BCUT2D eigenvalue weighted by atomic mass is 19.1. The maximum Gasteiger partial charge on any atom is 0.136 e. The lowest BCUT2D eigenvalue weighted by Gasteiger charge is -2.24. The van der Waals surface area contributed by atoms with E-state index >= 15 is 0 Å². The fourth-order valence-electron chi connectivity index (χ4n) is 3.27. The van der Waals surface area contributed by atoms with Crippen molar-refractivity contribution in [2.75, 3.05) is 0 Å². The van der Waals surface area contributed by atoms with Crippen LogP contribution in [0.1, 0.15) is 42.8 Å². The van der Waals surface area contributed by atoms with E-state index < -0.39 is 5.60 Å². The largest absolute Gasteiger partial charge is 0.462 e. The predicted octanol–water partition coefficient (Wildman–Crippen LogP) is 4.92. The minimum Gasteiger partial charge on any atom is -0.462 e. The number of rotatable bonds is 10. The smallest absolute Gasteiger partial charge is 0.136 e. The van der Waals surface area contributed by atoms with Crippen LogP contribution in [0.2, 0.25) is 0 Å².